The lowest BCUT2D eigenvalue weighted by Gasteiger charge is -1.99. The summed E-state index contributed by atoms with van der Waals surface area (Å²) in [5.74, 6) is 1.53. The number of nitrogens with two attached hydrogens (primary N) is 1. The molecule has 3 rings (SSSR count). The Morgan fingerprint density at radius 3 is 2.25 bits per heavy atom. The van der Waals surface area contributed by atoms with Crippen molar-refractivity contribution in [3.63, 3.8) is 0 Å². The van der Waals surface area contributed by atoms with Gasteiger partial charge in [-0.15, -0.1) is 0 Å². The van der Waals surface area contributed by atoms with Crippen molar-refractivity contribution in [1.82, 2.24) is 5.16 Å². The van der Waals surface area contributed by atoms with Gasteiger partial charge in [-0.25, -0.2) is 0 Å². The van der Waals surface area contributed by atoms with Crippen LogP contribution in [-0.2, 0) is 0 Å². The molecule has 0 radical (unpaired) electrons. The molecule has 3 aromatic rings. The number of ether oxygens (including phenoxy) is 1. The molecule has 0 saturated carbocycles. The minimum Gasteiger partial charge on any atom is -0.497 e. The minimum absolute atomic E-state index is 0.722. The maximum Gasteiger partial charge on any atom is 0.167 e. The van der Waals surface area contributed by atoms with Gasteiger partial charge in [0, 0.05) is 22.9 Å². The van der Waals surface area contributed by atoms with E-state index in [0.29, 0.717) is 0 Å². The standard InChI is InChI=1S/C16H14N2O2/c1-19-14-8-4-12(5-9-14)16-10-15(18-20-16)11-2-6-13(17)7-3-11/h2-10H,17H2,1H3. The number of hydrogen-bond acceptors (Lipinski definition) is 4. The molecular formula is C16H14N2O2. The van der Waals surface area contributed by atoms with Crippen molar-refractivity contribution in [2.75, 3.05) is 12.8 Å². The maximum atomic E-state index is 5.67. The number of benzene rings is 2. The summed E-state index contributed by atoms with van der Waals surface area (Å²) in [6.45, 7) is 0. The molecular weight excluding hydrogens is 252 g/mol. The van der Waals surface area contributed by atoms with Gasteiger partial charge in [0.05, 0.1) is 7.11 Å². The fourth-order valence-electron chi connectivity index (χ4n) is 1.96. The monoisotopic (exact) mass is 266 g/mol. The smallest absolute Gasteiger partial charge is 0.167 e. The van der Waals surface area contributed by atoms with Gasteiger partial charge in [0.15, 0.2) is 5.76 Å². The Hall–Kier alpha value is -2.75. The molecule has 0 unspecified atom stereocenters. The van der Waals surface area contributed by atoms with Gasteiger partial charge in [0.25, 0.3) is 0 Å². The summed E-state index contributed by atoms with van der Waals surface area (Å²) in [5.41, 5.74) is 9.12. The highest BCUT2D eigenvalue weighted by Gasteiger charge is 2.08. The number of rotatable bonds is 3. The highest BCUT2D eigenvalue weighted by molar-refractivity contribution is 5.68. The fourth-order valence-corrected chi connectivity index (χ4v) is 1.96. The predicted molar refractivity (Wildman–Crippen MR) is 78.3 cm³/mol. The topological polar surface area (TPSA) is 61.3 Å². The van der Waals surface area contributed by atoms with Crippen LogP contribution in [0.15, 0.2) is 59.1 Å². The average molecular weight is 266 g/mol. The van der Waals surface area contributed by atoms with Crippen LogP contribution < -0.4 is 10.5 Å². The van der Waals surface area contributed by atoms with Crippen molar-refractivity contribution < 1.29 is 9.26 Å². The molecule has 0 aliphatic rings. The Morgan fingerprint density at radius 2 is 1.60 bits per heavy atom. The number of anilines is 1. The Kier molecular flexibility index (Phi) is 3.13. The van der Waals surface area contributed by atoms with E-state index in [2.05, 4.69) is 5.16 Å². The van der Waals surface area contributed by atoms with Crippen LogP contribution in [0.5, 0.6) is 5.75 Å². The predicted octanol–water partition coefficient (Wildman–Crippen LogP) is 3.60. The number of nitrogen functional groups attached to an aromatic ring is 1. The summed E-state index contributed by atoms with van der Waals surface area (Å²) in [6, 6.07) is 17.1. The van der Waals surface area contributed by atoms with E-state index in [1.807, 2.05) is 54.6 Å². The molecule has 0 saturated heterocycles. The molecule has 2 N–H and O–H groups in total. The Labute approximate surface area is 116 Å². The van der Waals surface area contributed by atoms with Crippen molar-refractivity contribution in [2.45, 2.75) is 0 Å². The molecule has 0 aliphatic heterocycles. The zero-order valence-corrected chi connectivity index (χ0v) is 11.0. The number of aromatic nitrogens is 1. The van der Waals surface area contributed by atoms with Crippen LogP contribution in [0.3, 0.4) is 0 Å². The van der Waals surface area contributed by atoms with Crippen LogP contribution in [0.2, 0.25) is 0 Å². The van der Waals surface area contributed by atoms with E-state index in [9.17, 15) is 0 Å². The van der Waals surface area contributed by atoms with Crippen LogP contribution in [0, 0.1) is 0 Å². The summed E-state index contributed by atoms with van der Waals surface area (Å²) in [5, 5.41) is 4.09. The van der Waals surface area contributed by atoms with Crippen LogP contribution in [-0.4, -0.2) is 12.3 Å². The molecule has 0 amide bonds. The van der Waals surface area contributed by atoms with E-state index in [-0.39, 0.29) is 0 Å². The second-order valence-corrected chi connectivity index (χ2v) is 4.43. The van der Waals surface area contributed by atoms with Gasteiger partial charge in [0.2, 0.25) is 0 Å². The SMILES string of the molecule is COc1ccc(-c2cc(-c3ccc(N)cc3)no2)cc1. The van der Waals surface area contributed by atoms with E-state index < -0.39 is 0 Å². The van der Waals surface area contributed by atoms with Crippen molar-refractivity contribution in [1.29, 1.82) is 0 Å². The van der Waals surface area contributed by atoms with E-state index in [0.717, 1.165) is 34.0 Å². The van der Waals surface area contributed by atoms with E-state index in [4.69, 9.17) is 15.0 Å². The molecule has 0 aliphatic carbocycles. The number of hydrogen-bond donors (Lipinski definition) is 1. The summed E-state index contributed by atoms with van der Waals surface area (Å²) in [7, 11) is 1.64. The van der Waals surface area contributed by atoms with Crippen LogP contribution in [0.25, 0.3) is 22.6 Å². The van der Waals surface area contributed by atoms with Crippen molar-refractivity contribution >= 4 is 5.69 Å². The first kappa shape index (κ1) is 12.3. The molecule has 2 aromatic carbocycles. The third-order valence-corrected chi connectivity index (χ3v) is 3.09. The molecule has 4 nitrogen and oxygen atoms in total. The maximum absolute atomic E-state index is 5.67. The largest absolute Gasteiger partial charge is 0.497 e. The number of methoxy groups -OCH3 is 1. The summed E-state index contributed by atoms with van der Waals surface area (Å²) in [6.07, 6.45) is 0. The van der Waals surface area contributed by atoms with Gasteiger partial charge in [-0.3, -0.25) is 0 Å². The third kappa shape index (κ3) is 2.36. The fraction of sp³-hybridized carbons (Fsp3) is 0.0625. The molecule has 100 valence electrons. The van der Waals surface area contributed by atoms with Crippen LogP contribution in [0.1, 0.15) is 0 Å². The molecule has 4 heteroatoms. The Morgan fingerprint density at radius 1 is 0.950 bits per heavy atom. The first-order valence-corrected chi connectivity index (χ1v) is 6.23. The first-order valence-electron chi connectivity index (χ1n) is 6.23. The van der Waals surface area contributed by atoms with Gasteiger partial charge in [-0.1, -0.05) is 17.3 Å². The lowest BCUT2D eigenvalue weighted by Crippen LogP contribution is -1.83. The average Bonchev–Trinajstić information content (AvgIpc) is 2.98. The summed E-state index contributed by atoms with van der Waals surface area (Å²) < 4.78 is 10.5. The lowest BCUT2D eigenvalue weighted by molar-refractivity contribution is 0.414. The second-order valence-electron chi connectivity index (χ2n) is 4.43. The van der Waals surface area contributed by atoms with Crippen molar-refractivity contribution in [3.8, 4) is 28.3 Å². The minimum atomic E-state index is 0.722. The molecule has 0 bridgehead atoms. The van der Waals surface area contributed by atoms with Gasteiger partial charge in [-0.05, 0) is 36.4 Å². The number of nitrogens with zero attached hydrogens (tertiary/aromatic N) is 1. The van der Waals surface area contributed by atoms with Gasteiger partial charge < -0.3 is 15.0 Å². The summed E-state index contributed by atoms with van der Waals surface area (Å²) in [4.78, 5) is 0. The molecule has 0 fully saturated rings. The molecule has 20 heavy (non-hydrogen) atoms. The highest BCUT2D eigenvalue weighted by Crippen LogP contribution is 2.27. The Bertz CT molecular complexity index is 700. The normalized spacial score (nSPS) is 10.4. The molecule has 0 atom stereocenters. The van der Waals surface area contributed by atoms with E-state index >= 15 is 0 Å². The van der Waals surface area contributed by atoms with E-state index in [1.165, 1.54) is 0 Å². The highest BCUT2D eigenvalue weighted by atomic mass is 16.5. The Balaban J connectivity index is 1.91. The molecule has 1 heterocycles. The summed E-state index contributed by atoms with van der Waals surface area (Å²) >= 11 is 0. The van der Waals surface area contributed by atoms with Gasteiger partial charge in [-0.2, -0.15) is 0 Å². The zero-order chi connectivity index (χ0) is 13.9. The van der Waals surface area contributed by atoms with Gasteiger partial charge >= 0.3 is 0 Å². The van der Waals surface area contributed by atoms with E-state index in [1.54, 1.807) is 7.11 Å². The second kappa shape index (κ2) is 5.09. The zero-order valence-electron chi connectivity index (χ0n) is 11.0. The lowest BCUT2D eigenvalue weighted by atomic mass is 10.1. The van der Waals surface area contributed by atoms with Crippen LogP contribution >= 0.6 is 0 Å². The molecule has 1 aromatic heterocycles. The molecule has 0 spiro atoms. The van der Waals surface area contributed by atoms with Crippen molar-refractivity contribution in [2.24, 2.45) is 0 Å². The first-order chi connectivity index (χ1) is 9.76. The third-order valence-electron chi connectivity index (χ3n) is 3.09. The quantitative estimate of drug-likeness (QED) is 0.736. The van der Waals surface area contributed by atoms with Crippen molar-refractivity contribution in [3.05, 3.63) is 54.6 Å². The van der Waals surface area contributed by atoms with Crippen LogP contribution in [0.4, 0.5) is 5.69 Å². The van der Waals surface area contributed by atoms with Gasteiger partial charge in [0.1, 0.15) is 11.4 Å².